The molecule has 5 heteroatoms. The molecule has 1 aliphatic rings. The van der Waals surface area contributed by atoms with Crippen molar-refractivity contribution in [2.24, 2.45) is 0 Å². The van der Waals surface area contributed by atoms with Gasteiger partial charge in [-0.05, 0) is 37.6 Å². The highest BCUT2D eigenvalue weighted by atomic mass is 79.9. The Balaban J connectivity index is 0.00000162. The van der Waals surface area contributed by atoms with Crippen LogP contribution in [0.3, 0.4) is 0 Å². The largest absolute Gasteiger partial charge is 0.337 e. The van der Waals surface area contributed by atoms with Crippen LogP contribution in [0.25, 0.3) is 0 Å². The van der Waals surface area contributed by atoms with Crippen LogP contribution in [0.2, 0.25) is 0 Å². The topological polar surface area (TPSA) is 32.3 Å². The van der Waals surface area contributed by atoms with Crippen molar-refractivity contribution in [2.75, 3.05) is 26.2 Å². The molecule has 1 saturated heterocycles. The highest BCUT2D eigenvalue weighted by Gasteiger charge is 2.17. The molecule has 1 fully saturated rings. The Labute approximate surface area is 122 Å². The molecule has 2 rings (SSSR count). The zero-order chi connectivity index (χ0) is 12.3. The maximum absolute atomic E-state index is 12.3. The molecule has 1 aromatic rings. The summed E-state index contributed by atoms with van der Waals surface area (Å²) in [5.74, 6) is 0.134. The van der Waals surface area contributed by atoms with Gasteiger partial charge < -0.3 is 10.2 Å². The number of hydrogen-bond donors (Lipinski definition) is 1. The molecule has 0 aromatic heterocycles. The minimum absolute atomic E-state index is 0. The third kappa shape index (κ3) is 3.70. The number of rotatable bonds is 1. The molecule has 0 atom stereocenters. The van der Waals surface area contributed by atoms with Crippen molar-refractivity contribution in [1.29, 1.82) is 0 Å². The predicted octanol–water partition coefficient (Wildman–Crippen LogP) is 2.61. The van der Waals surface area contributed by atoms with E-state index in [4.69, 9.17) is 0 Å². The van der Waals surface area contributed by atoms with Gasteiger partial charge in [-0.3, -0.25) is 4.79 Å². The van der Waals surface area contributed by atoms with E-state index in [1.54, 1.807) is 0 Å². The Bertz CT molecular complexity index is 417. The summed E-state index contributed by atoms with van der Waals surface area (Å²) in [5, 5.41) is 3.30. The van der Waals surface area contributed by atoms with Crippen molar-refractivity contribution in [2.45, 2.75) is 13.3 Å². The fourth-order valence-corrected chi connectivity index (χ4v) is 2.34. The first-order valence-corrected chi connectivity index (χ1v) is 6.74. The Morgan fingerprint density at radius 2 is 2.11 bits per heavy atom. The average Bonchev–Trinajstić information content (AvgIpc) is 2.60. The van der Waals surface area contributed by atoms with Crippen LogP contribution < -0.4 is 5.32 Å². The van der Waals surface area contributed by atoms with Gasteiger partial charge >= 0.3 is 0 Å². The number of amides is 1. The molecular weight excluding hydrogens is 316 g/mol. The lowest BCUT2D eigenvalue weighted by atomic mass is 10.1. The van der Waals surface area contributed by atoms with E-state index in [2.05, 4.69) is 21.2 Å². The summed E-state index contributed by atoms with van der Waals surface area (Å²) in [7, 11) is 0. The molecule has 0 spiro atoms. The van der Waals surface area contributed by atoms with Crippen LogP contribution in [0, 0.1) is 6.92 Å². The summed E-state index contributed by atoms with van der Waals surface area (Å²) in [6.45, 7) is 5.55. The zero-order valence-corrected chi connectivity index (χ0v) is 12.8. The highest BCUT2D eigenvalue weighted by Crippen LogP contribution is 2.18. The van der Waals surface area contributed by atoms with E-state index >= 15 is 0 Å². The molecule has 0 unspecified atom stereocenters. The monoisotopic (exact) mass is 332 g/mol. The van der Waals surface area contributed by atoms with Gasteiger partial charge in [0.1, 0.15) is 0 Å². The molecule has 100 valence electrons. The third-order valence-electron chi connectivity index (χ3n) is 3.05. The van der Waals surface area contributed by atoms with Crippen molar-refractivity contribution in [3.05, 3.63) is 33.8 Å². The van der Waals surface area contributed by atoms with Crippen LogP contribution in [-0.4, -0.2) is 37.0 Å². The predicted molar refractivity (Wildman–Crippen MR) is 79.5 cm³/mol. The first kappa shape index (κ1) is 15.5. The molecule has 18 heavy (non-hydrogen) atoms. The number of nitrogens with zero attached hydrogens (tertiary/aromatic N) is 1. The number of aryl methyl sites for hydroxylation is 1. The minimum Gasteiger partial charge on any atom is -0.337 e. The molecule has 0 bridgehead atoms. The number of nitrogens with one attached hydrogen (secondary N) is 1. The molecule has 3 nitrogen and oxygen atoms in total. The van der Waals surface area contributed by atoms with Gasteiger partial charge in [0.05, 0.1) is 0 Å². The van der Waals surface area contributed by atoms with E-state index in [0.717, 1.165) is 48.2 Å². The zero-order valence-electron chi connectivity index (χ0n) is 10.4. The minimum atomic E-state index is 0. The second-order valence-corrected chi connectivity index (χ2v) is 5.21. The Morgan fingerprint density at radius 3 is 2.83 bits per heavy atom. The standard InChI is InChI=1S/C13H17BrN2O.ClH/c1-10-3-4-11(9-12(10)14)13(17)16-7-2-5-15-6-8-16;/h3-4,9,15H,2,5-8H2,1H3;1H. The third-order valence-corrected chi connectivity index (χ3v) is 3.90. The lowest BCUT2D eigenvalue weighted by Crippen LogP contribution is -2.34. The van der Waals surface area contributed by atoms with Gasteiger partial charge in [-0.2, -0.15) is 0 Å². The number of halogens is 2. The van der Waals surface area contributed by atoms with Gasteiger partial charge in [0, 0.05) is 29.7 Å². The first-order chi connectivity index (χ1) is 8.18. The van der Waals surface area contributed by atoms with E-state index < -0.39 is 0 Å². The number of carbonyl (C=O) groups is 1. The van der Waals surface area contributed by atoms with E-state index in [1.807, 2.05) is 30.0 Å². The summed E-state index contributed by atoms with van der Waals surface area (Å²) in [4.78, 5) is 14.2. The fourth-order valence-electron chi connectivity index (χ4n) is 1.96. The molecule has 1 amide bonds. The second kappa shape index (κ2) is 7.12. The van der Waals surface area contributed by atoms with E-state index in [9.17, 15) is 4.79 Å². The van der Waals surface area contributed by atoms with E-state index in [1.165, 1.54) is 0 Å². The molecule has 1 heterocycles. The molecule has 0 radical (unpaired) electrons. The smallest absolute Gasteiger partial charge is 0.253 e. The first-order valence-electron chi connectivity index (χ1n) is 5.94. The molecular formula is C13H18BrClN2O. The second-order valence-electron chi connectivity index (χ2n) is 4.36. The van der Waals surface area contributed by atoms with Crippen LogP contribution in [0.5, 0.6) is 0 Å². The van der Waals surface area contributed by atoms with Gasteiger partial charge in [-0.25, -0.2) is 0 Å². The maximum Gasteiger partial charge on any atom is 0.253 e. The van der Waals surface area contributed by atoms with Gasteiger partial charge in [0.25, 0.3) is 5.91 Å². The summed E-state index contributed by atoms with van der Waals surface area (Å²) in [6, 6.07) is 5.80. The van der Waals surface area contributed by atoms with Crippen molar-refractivity contribution in [3.63, 3.8) is 0 Å². The van der Waals surface area contributed by atoms with Gasteiger partial charge in [-0.1, -0.05) is 22.0 Å². The lowest BCUT2D eigenvalue weighted by molar-refractivity contribution is 0.0766. The van der Waals surface area contributed by atoms with Gasteiger partial charge in [-0.15, -0.1) is 12.4 Å². The van der Waals surface area contributed by atoms with Crippen molar-refractivity contribution in [1.82, 2.24) is 10.2 Å². The molecule has 1 N–H and O–H groups in total. The number of carbonyl (C=O) groups excluding carboxylic acids is 1. The summed E-state index contributed by atoms with van der Waals surface area (Å²) < 4.78 is 0.997. The molecule has 0 saturated carbocycles. The van der Waals surface area contributed by atoms with Crippen LogP contribution in [-0.2, 0) is 0 Å². The lowest BCUT2D eigenvalue weighted by Gasteiger charge is -2.20. The molecule has 1 aliphatic heterocycles. The molecule has 0 aliphatic carbocycles. The Hall–Kier alpha value is -0.580. The van der Waals surface area contributed by atoms with Crippen LogP contribution in [0.15, 0.2) is 22.7 Å². The number of hydrogen-bond acceptors (Lipinski definition) is 2. The maximum atomic E-state index is 12.3. The summed E-state index contributed by atoms with van der Waals surface area (Å²) >= 11 is 3.47. The Morgan fingerprint density at radius 1 is 1.33 bits per heavy atom. The van der Waals surface area contributed by atoms with Crippen LogP contribution >= 0.6 is 28.3 Å². The fraction of sp³-hybridized carbons (Fsp3) is 0.462. The normalized spacial score (nSPS) is 15.8. The van der Waals surface area contributed by atoms with E-state index in [0.29, 0.717) is 0 Å². The SMILES string of the molecule is Cc1ccc(C(=O)N2CCCNCC2)cc1Br.Cl. The van der Waals surface area contributed by atoms with Crippen LogP contribution in [0.4, 0.5) is 0 Å². The van der Waals surface area contributed by atoms with Crippen molar-refractivity contribution in [3.8, 4) is 0 Å². The quantitative estimate of drug-likeness (QED) is 0.857. The summed E-state index contributed by atoms with van der Waals surface area (Å²) in [6.07, 6.45) is 1.03. The number of benzene rings is 1. The van der Waals surface area contributed by atoms with Crippen molar-refractivity contribution < 1.29 is 4.79 Å². The van der Waals surface area contributed by atoms with Crippen molar-refractivity contribution >= 4 is 34.2 Å². The van der Waals surface area contributed by atoms with Crippen LogP contribution in [0.1, 0.15) is 22.3 Å². The Kier molecular flexibility index (Phi) is 6.12. The van der Waals surface area contributed by atoms with E-state index in [-0.39, 0.29) is 18.3 Å². The molecule has 1 aromatic carbocycles. The summed E-state index contributed by atoms with van der Waals surface area (Å²) in [5.41, 5.74) is 1.92. The highest BCUT2D eigenvalue weighted by molar-refractivity contribution is 9.10. The van der Waals surface area contributed by atoms with Gasteiger partial charge in [0.2, 0.25) is 0 Å². The average molecular weight is 334 g/mol. The van der Waals surface area contributed by atoms with Gasteiger partial charge in [0.15, 0.2) is 0 Å².